The van der Waals surface area contributed by atoms with Crippen molar-refractivity contribution in [3.63, 3.8) is 0 Å². The highest BCUT2D eigenvalue weighted by Gasteiger charge is 2.23. The molecule has 1 fully saturated rings. The normalized spacial score (nSPS) is 16.3. The van der Waals surface area contributed by atoms with E-state index in [0.717, 1.165) is 24.9 Å². The second-order valence-corrected chi connectivity index (χ2v) is 5.21. The summed E-state index contributed by atoms with van der Waals surface area (Å²) >= 11 is 0. The van der Waals surface area contributed by atoms with Gasteiger partial charge < -0.3 is 14.8 Å². The van der Waals surface area contributed by atoms with Crippen LogP contribution in [0.15, 0.2) is 18.2 Å². The Kier molecular flexibility index (Phi) is 5.99. The summed E-state index contributed by atoms with van der Waals surface area (Å²) in [7, 11) is 3.16. The first kappa shape index (κ1) is 18.0. The van der Waals surface area contributed by atoms with Gasteiger partial charge in [0.1, 0.15) is 11.5 Å². The molecule has 0 saturated carbocycles. The van der Waals surface area contributed by atoms with Gasteiger partial charge in [0, 0.05) is 6.07 Å². The Morgan fingerprint density at radius 3 is 2.83 bits per heavy atom. The number of carbonyl (C=O) groups is 1. The maximum Gasteiger partial charge on any atom is 0.249 e. The van der Waals surface area contributed by atoms with Gasteiger partial charge in [-0.25, -0.2) is 0 Å². The van der Waals surface area contributed by atoms with Crippen LogP contribution in [-0.4, -0.2) is 47.9 Å². The Morgan fingerprint density at radius 2 is 2.17 bits per heavy atom. The molecule has 1 aliphatic heterocycles. The molecule has 1 saturated heterocycles. The third kappa shape index (κ3) is 3.77. The average Bonchev–Trinajstić information content (AvgIpc) is 3.26. The van der Waals surface area contributed by atoms with E-state index in [-0.39, 0.29) is 30.3 Å². The summed E-state index contributed by atoms with van der Waals surface area (Å²) in [5.41, 5.74) is 0.736. The highest BCUT2D eigenvalue weighted by atomic mass is 35.5. The number of carbonyl (C=O) groups excluding carboxylic acids is 1. The Labute approximate surface area is 145 Å². The lowest BCUT2D eigenvalue weighted by molar-refractivity contribution is -0.117. The number of nitrogens with zero attached hydrogens (tertiary/aromatic N) is 2. The Bertz CT molecular complexity index is 700. The van der Waals surface area contributed by atoms with Gasteiger partial charge in [-0.3, -0.25) is 15.2 Å². The largest absolute Gasteiger partial charge is 0.497 e. The summed E-state index contributed by atoms with van der Waals surface area (Å²) in [6.45, 7) is 0.861. The van der Waals surface area contributed by atoms with E-state index >= 15 is 0 Å². The van der Waals surface area contributed by atoms with Crippen LogP contribution in [0.1, 0.15) is 12.8 Å². The third-order valence-corrected chi connectivity index (χ3v) is 3.76. The van der Waals surface area contributed by atoms with E-state index in [9.17, 15) is 4.79 Å². The predicted molar refractivity (Wildman–Crippen MR) is 91.8 cm³/mol. The van der Waals surface area contributed by atoms with Crippen LogP contribution in [-0.2, 0) is 4.79 Å². The summed E-state index contributed by atoms with van der Waals surface area (Å²) in [4.78, 5) is 16.4. The first-order chi connectivity index (χ1) is 11.2. The zero-order valence-electron chi connectivity index (χ0n) is 13.5. The van der Waals surface area contributed by atoms with Gasteiger partial charge in [0.05, 0.1) is 25.8 Å². The molecule has 0 spiro atoms. The van der Waals surface area contributed by atoms with E-state index in [0.29, 0.717) is 17.3 Å². The van der Waals surface area contributed by atoms with Gasteiger partial charge in [-0.1, -0.05) is 0 Å². The standard InChI is InChI=1S/C15H19N5O3.ClH/c1-22-9-5-6-10(12(8-9)23-2)13-17-15(20-19-13)18-14(21)11-4-3-7-16-11;/h5-6,8,11,16H,3-4,7H2,1-2H3,(H2,17,18,19,20,21);1H. The van der Waals surface area contributed by atoms with E-state index in [4.69, 9.17) is 9.47 Å². The molecule has 1 atom stereocenters. The van der Waals surface area contributed by atoms with E-state index < -0.39 is 0 Å². The van der Waals surface area contributed by atoms with E-state index in [1.54, 1.807) is 26.4 Å². The molecule has 0 bridgehead atoms. The van der Waals surface area contributed by atoms with Crippen molar-refractivity contribution in [2.45, 2.75) is 18.9 Å². The minimum absolute atomic E-state index is 0. The van der Waals surface area contributed by atoms with Gasteiger partial charge in [0.25, 0.3) is 0 Å². The van der Waals surface area contributed by atoms with Crippen molar-refractivity contribution in [2.24, 2.45) is 0 Å². The van der Waals surface area contributed by atoms with Gasteiger partial charge in [0.15, 0.2) is 5.82 Å². The first-order valence-electron chi connectivity index (χ1n) is 7.40. The van der Waals surface area contributed by atoms with Crippen molar-refractivity contribution >= 4 is 24.3 Å². The number of aromatic nitrogens is 3. The quantitative estimate of drug-likeness (QED) is 0.754. The molecule has 2 heterocycles. The zero-order valence-corrected chi connectivity index (χ0v) is 14.3. The smallest absolute Gasteiger partial charge is 0.249 e. The second-order valence-electron chi connectivity index (χ2n) is 5.21. The molecule has 3 N–H and O–H groups in total. The number of nitrogens with one attached hydrogen (secondary N) is 3. The molecule has 130 valence electrons. The van der Waals surface area contributed by atoms with Crippen molar-refractivity contribution < 1.29 is 14.3 Å². The molecule has 1 aliphatic rings. The first-order valence-corrected chi connectivity index (χ1v) is 7.40. The number of ether oxygens (including phenoxy) is 2. The van der Waals surface area contributed by atoms with Crippen LogP contribution in [0, 0.1) is 0 Å². The maximum atomic E-state index is 12.1. The van der Waals surface area contributed by atoms with Gasteiger partial charge in [0.2, 0.25) is 11.9 Å². The van der Waals surface area contributed by atoms with Crippen LogP contribution < -0.4 is 20.1 Å². The molecule has 1 aromatic heterocycles. The SMILES string of the molecule is COc1ccc(-c2nc(NC(=O)C3CCCN3)n[nH]2)c(OC)c1.Cl. The number of benzene rings is 1. The molecule has 1 unspecified atom stereocenters. The number of amides is 1. The molecule has 2 aromatic rings. The molecule has 24 heavy (non-hydrogen) atoms. The van der Waals surface area contributed by atoms with Gasteiger partial charge in [-0.05, 0) is 31.5 Å². The van der Waals surface area contributed by atoms with Crippen molar-refractivity contribution in [1.29, 1.82) is 0 Å². The number of aromatic amines is 1. The molecular formula is C15H20ClN5O3. The summed E-state index contributed by atoms with van der Waals surface area (Å²) in [6.07, 6.45) is 1.83. The Hall–Kier alpha value is -2.32. The van der Waals surface area contributed by atoms with Crippen LogP contribution in [0.4, 0.5) is 5.95 Å². The van der Waals surface area contributed by atoms with Crippen LogP contribution >= 0.6 is 12.4 Å². The number of rotatable bonds is 5. The van der Waals surface area contributed by atoms with E-state index in [1.807, 2.05) is 6.07 Å². The monoisotopic (exact) mass is 353 g/mol. The summed E-state index contributed by atoms with van der Waals surface area (Å²) < 4.78 is 10.5. The molecule has 1 amide bonds. The topological polar surface area (TPSA) is 101 Å². The molecule has 9 heteroatoms. The van der Waals surface area contributed by atoms with Crippen LogP contribution in [0.3, 0.4) is 0 Å². The van der Waals surface area contributed by atoms with Crippen LogP contribution in [0.2, 0.25) is 0 Å². The molecule has 8 nitrogen and oxygen atoms in total. The number of H-pyrrole nitrogens is 1. The average molecular weight is 354 g/mol. The number of hydrogen-bond donors (Lipinski definition) is 3. The van der Waals surface area contributed by atoms with Crippen molar-refractivity contribution in [1.82, 2.24) is 20.5 Å². The lowest BCUT2D eigenvalue weighted by Crippen LogP contribution is -2.35. The van der Waals surface area contributed by atoms with Crippen LogP contribution in [0.5, 0.6) is 11.5 Å². The molecule has 0 radical (unpaired) electrons. The fourth-order valence-electron chi connectivity index (χ4n) is 2.54. The lowest BCUT2D eigenvalue weighted by atomic mass is 10.2. The van der Waals surface area contributed by atoms with Crippen molar-refractivity contribution in [2.75, 3.05) is 26.1 Å². The molecule has 3 rings (SSSR count). The third-order valence-electron chi connectivity index (χ3n) is 3.76. The second kappa shape index (κ2) is 7.98. The fourth-order valence-corrected chi connectivity index (χ4v) is 2.54. The van der Waals surface area contributed by atoms with Gasteiger partial charge >= 0.3 is 0 Å². The maximum absolute atomic E-state index is 12.1. The Balaban J connectivity index is 0.00000208. The summed E-state index contributed by atoms with van der Waals surface area (Å²) in [6, 6.07) is 5.22. The molecule has 0 aliphatic carbocycles. The number of anilines is 1. The van der Waals surface area contributed by atoms with Crippen LogP contribution in [0.25, 0.3) is 11.4 Å². The summed E-state index contributed by atoms with van der Waals surface area (Å²) in [5.74, 6) is 1.94. The zero-order chi connectivity index (χ0) is 16.2. The van der Waals surface area contributed by atoms with Crippen molar-refractivity contribution in [3.05, 3.63) is 18.2 Å². The minimum atomic E-state index is -0.174. The summed E-state index contributed by atoms with van der Waals surface area (Å²) in [5, 5.41) is 12.7. The van der Waals surface area contributed by atoms with E-state index in [1.165, 1.54) is 0 Å². The molecule has 1 aromatic carbocycles. The predicted octanol–water partition coefficient (Wildman–Crippen LogP) is 1.60. The lowest BCUT2D eigenvalue weighted by Gasteiger charge is -2.08. The fraction of sp³-hybridized carbons (Fsp3) is 0.400. The number of methoxy groups -OCH3 is 2. The molecular weight excluding hydrogens is 334 g/mol. The van der Waals surface area contributed by atoms with Crippen molar-refractivity contribution in [3.8, 4) is 22.9 Å². The van der Waals surface area contributed by atoms with Gasteiger partial charge in [-0.2, -0.15) is 4.98 Å². The highest BCUT2D eigenvalue weighted by molar-refractivity contribution is 5.93. The minimum Gasteiger partial charge on any atom is -0.497 e. The number of halogens is 1. The van der Waals surface area contributed by atoms with Gasteiger partial charge in [-0.15, -0.1) is 17.5 Å². The van der Waals surface area contributed by atoms with E-state index in [2.05, 4.69) is 25.8 Å². The highest BCUT2D eigenvalue weighted by Crippen LogP contribution is 2.31. The number of hydrogen-bond acceptors (Lipinski definition) is 6. The Morgan fingerprint density at radius 1 is 1.33 bits per heavy atom.